The van der Waals surface area contributed by atoms with Crippen molar-refractivity contribution in [2.75, 3.05) is 20.8 Å². The number of amides is 1. The van der Waals surface area contributed by atoms with Crippen LogP contribution in [0.25, 0.3) is 0 Å². The number of rotatable bonds is 7. The van der Waals surface area contributed by atoms with Gasteiger partial charge in [-0.1, -0.05) is 12.1 Å². The van der Waals surface area contributed by atoms with E-state index >= 15 is 0 Å². The maximum atomic E-state index is 11.9. The van der Waals surface area contributed by atoms with Crippen LogP contribution in [0.3, 0.4) is 0 Å². The van der Waals surface area contributed by atoms with E-state index in [0.717, 1.165) is 0 Å². The lowest BCUT2D eigenvalue weighted by Gasteiger charge is -2.19. The van der Waals surface area contributed by atoms with Gasteiger partial charge in [-0.05, 0) is 26.0 Å². The molecular weight excluding hydrogens is 246 g/mol. The fraction of sp³-hybridized carbons (Fsp3) is 0.500. The predicted octanol–water partition coefficient (Wildman–Crippen LogP) is 1.61. The molecule has 1 N–H and O–H groups in total. The van der Waals surface area contributed by atoms with Crippen molar-refractivity contribution in [3.8, 4) is 11.5 Å². The molecule has 0 saturated carbocycles. The van der Waals surface area contributed by atoms with Crippen molar-refractivity contribution in [2.45, 2.75) is 26.0 Å². The van der Waals surface area contributed by atoms with Gasteiger partial charge in [-0.3, -0.25) is 4.79 Å². The number of benzene rings is 1. The van der Waals surface area contributed by atoms with E-state index in [4.69, 9.17) is 14.2 Å². The molecule has 0 aliphatic heterocycles. The van der Waals surface area contributed by atoms with E-state index in [1.807, 2.05) is 19.1 Å². The molecule has 0 bridgehead atoms. The molecule has 106 valence electrons. The zero-order valence-electron chi connectivity index (χ0n) is 11.8. The van der Waals surface area contributed by atoms with Crippen molar-refractivity contribution in [2.24, 2.45) is 0 Å². The van der Waals surface area contributed by atoms with Gasteiger partial charge in [-0.25, -0.2) is 0 Å². The van der Waals surface area contributed by atoms with E-state index in [1.165, 1.54) is 0 Å². The highest BCUT2D eigenvalue weighted by Gasteiger charge is 2.18. The monoisotopic (exact) mass is 267 g/mol. The van der Waals surface area contributed by atoms with Gasteiger partial charge in [0.2, 0.25) is 0 Å². The lowest BCUT2D eigenvalue weighted by Crippen LogP contribution is -2.43. The van der Waals surface area contributed by atoms with Gasteiger partial charge in [0.05, 0.1) is 13.7 Å². The molecule has 5 heteroatoms. The molecule has 1 aromatic rings. The summed E-state index contributed by atoms with van der Waals surface area (Å²) in [7, 11) is 3.16. The SMILES string of the molecule is COC[C@@H](C)NC(=O)[C@H](C)Oc1ccccc1OC. The van der Waals surface area contributed by atoms with Crippen LogP contribution in [-0.2, 0) is 9.53 Å². The Balaban J connectivity index is 2.58. The summed E-state index contributed by atoms with van der Waals surface area (Å²) in [5.74, 6) is 0.967. The number of methoxy groups -OCH3 is 2. The highest BCUT2D eigenvalue weighted by atomic mass is 16.5. The topological polar surface area (TPSA) is 56.8 Å². The first kappa shape index (κ1) is 15.3. The van der Waals surface area contributed by atoms with Crippen LogP contribution in [0.15, 0.2) is 24.3 Å². The van der Waals surface area contributed by atoms with E-state index in [0.29, 0.717) is 18.1 Å². The molecule has 0 fully saturated rings. The standard InChI is InChI=1S/C14H21NO4/c1-10(9-17-3)15-14(16)11(2)19-13-8-6-5-7-12(13)18-4/h5-8,10-11H,9H2,1-4H3,(H,15,16)/t10-,11+/m1/s1. The molecule has 2 atom stereocenters. The van der Waals surface area contributed by atoms with Gasteiger partial charge in [0.15, 0.2) is 17.6 Å². The third kappa shape index (κ3) is 4.79. The van der Waals surface area contributed by atoms with Crippen LogP contribution < -0.4 is 14.8 Å². The maximum absolute atomic E-state index is 11.9. The summed E-state index contributed by atoms with van der Waals surface area (Å²) in [6, 6.07) is 7.17. The van der Waals surface area contributed by atoms with Crippen molar-refractivity contribution < 1.29 is 19.0 Å². The Labute approximate surface area is 113 Å². The molecule has 0 aliphatic carbocycles. The van der Waals surface area contributed by atoms with Crippen molar-refractivity contribution in [1.82, 2.24) is 5.32 Å². The molecule has 1 amide bonds. The molecule has 1 rings (SSSR count). The molecule has 0 unspecified atom stereocenters. The van der Waals surface area contributed by atoms with Crippen LogP contribution in [0.4, 0.5) is 0 Å². The number of nitrogens with one attached hydrogen (secondary N) is 1. The van der Waals surface area contributed by atoms with E-state index in [1.54, 1.807) is 33.3 Å². The number of ether oxygens (including phenoxy) is 3. The first-order chi connectivity index (χ1) is 9.08. The molecule has 5 nitrogen and oxygen atoms in total. The molecule has 0 aromatic heterocycles. The average molecular weight is 267 g/mol. The second kappa shape index (κ2) is 7.63. The number of hydrogen-bond acceptors (Lipinski definition) is 4. The Hall–Kier alpha value is -1.75. The number of hydrogen-bond donors (Lipinski definition) is 1. The average Bonchev–Trinajstić information content (AvgIpc) is 2.39. The molecule has 0 aliphatic rings. The summed E-state index contributed by atoms with van der Waals surface area (Å²) in [4.78, 5) is 11.9. The van der Waals surface area contributed by atoms with Gasteiger partial charge in [0, 0.05) is 13.2 Å². The van der Waals surface area contributed by atoms with Crippen LogP contribution >= 0.6 is 0 Å². The number of carbonyl (C=O) groups excluding carboxylic acids is 1. The fourth-order valence-electron chi connectivity index (χ4n) is 1.61. The zero-order chi connectivity index (χ0) is 14.3. The van der Waals surface area contributed by atoms with Crippen LogP contribution in [0.5, 0.6) is 11.5 Å². The Morgan fingerprint density at radius 2 is 1.84 bits per heavy atom. The van der Waals surface area contributed by atoms with Gasteiger partial charge in [0.1, 0.15) is 0 Å². The number of para-hydroxylation sites is 2. The third-order valence-corrected chi connectivity index (χ3v) is 2.55. The maximum Gasteiger partial charge on any atom is 0.261 e. The second-order valence-electron chi connectivity index (χ2n) is 4.28. The highest BCUT2D eigenvalue weighted by Crippen LogP contribution is 2.26. The molecular formula is C14H21NO4. The van der Waals surface area contributed by atoms with E-state index in [-0.39, 0.29) is 11.9 Å². The molecule has 1 aromatic carbocycles. The largest absolute Gasteiger partial charge is 0.493 e. The van der Waals surface area contributed by atoms with Crippen LogP contribution in [0, 0.1) is 0 Å². The molecule has 0 spiro atoms. The summed E-state index contributed by atoms with van der Waals surface area (Å²) in [5.41, 5.74) is 0. The van der Waals surface area contributed by atoms with Crippen molar-refractivity contribution in [3.05, 3.63) is 24.3 Å². The third-order valence-electron chi connectivity index (χ3n) is 2.55. The van der Waals surface area contributed by atoms with Crippen LogP contribution in [0.1, 0.15) is 13.8 Å². The van der Waals surface area contributed by atoms with Gasteiger partial charge in [-0.2, -0.15) is 0 Å². The smallest absolute Gasteiger partial charge is 0.261 e. The Morgan fingerprint density at radius 3 is 2.42 bits per heavy atom. The fourth-order valence-corrected chi connectivity index (χ4v) is 1.61. The van der Waals surface area contributed by atoms with Crippen molar-refractivity contribution >= 4 is 5.91 Å². The minimum absolute atomic E-state index is 0.0544. The second-order valence-corrected chi connectivity index (χ2v) is 4.28. The minimum atomic E-state index is -0.601. The van der Waals surface area contributed by atoms with E-state index in [2.05, 4.69) is 5.32 Å². The van der Waals surface area contributed by atoms with Gasteiger partial charge >= 0.3 is 0 Å². The van der Waals surface area contributed by atoms with Gasteiger partial charge < -0.3 is 19.5 Å². The van der Waals surface area contributed by atoms with Gasteiger partial charge in [0.25, 0.3) is 5.91 Å². The molecule has 19 heavy (non-hydrogen) atoms. The zero-order valence-corrected chi connectivity index (χ0v) is 11.8. The van der Waals surface area contributed by atoms with Gasteiger partial charge in [-0.15, -0.1) is 0 Å². The van der Waals surface area contributed by atoms with E-state index in [9.17, 15) is 4.79 Å². The van der Waals surface area contributed by atoms with Crippen LogP contribution in [0.2, 0.25) is 0 Å². The summed E-state index contributed by atoms with van der Waals surface area (Å²) < 4.78 is 15.7. The molecule has 0 saturated heterocycles. The molecule has 0 heterocycles. The minimum Gasteiger partial charge on any atom is -0.493 e. The summed E-state index contributed by atoms with van der Waals surface area (Å²) in [5, 5.41) is 2.81. The summed E-state index contributed by atoms with van der Waals surface area (Å²) in [6.07, 6.45) is -0.601. The lowest BCUT2D eigenvalue weighted by molar-refractivity contribution is -0.128. The Kier molecular flexibility index (Phi) is 6.15. The Bertz CT molecular complexity index is 408. The van der Waals surface area contributed by atoms with Crippen molar-refractivity contribution in [3.63, 3.8) is 0 Å². The highest BCUT2D eigenvalue weighted by molar-refractivity contribution is 5.81. The normalized spacial score (nSPS) is 13.5. The van der Waals surface area contributed by atoms with Crippen LogP contribution in [-0.4, -0.2) is 38.9 Å². The first-order valence-corrected chi connectivity index (χ1v) is 6.17. The number of carbonyl (C=O) groups is 1. The summed E-state index contributed by atoms with van der Waals surface area (Å²) in [6.45, 7) is 4.03. The Morgan fingerprint density at radius 1 is 1.21 bits per heavy atom. The molecule has 0 radical (unpaired) electrons. The van der Waals surface area contributed by atoms with E-state index < -0.39 is 6.10 Å². The first-order valence-electron chi connectivity index (χ1n) is 6.17. The van der Waals surface area contributed by atoms with Crippen molar-refractivity contribution in [1.29, 1.82) is 0 Å². The predicted molar refractivity (Wildman–Crippen MR) is 72.6 cm³/mol. The summed E-state index contributed by atoms with van der Waals surface area (Å²) >= 11 is 0. The lowest BCUT2D eigenvalue weighted by atomic mass is 10.3. The quantitative estimate of drug-likeness (QED) is 0.815.